The summed E-state index contributed by atoms with van der Waals surface area (Å²) in [5, 5.41) is 27.8. The number of benzene rings is 1. The highest BCUT2D eigenvalue weighted by molar-refractivity contribution is 5.85. The molecule has 192 valence electrons. The fraction of sp³-hybridized carbons (Fsp3) is 0.476. The van der Waals surface area contributed by atoms with Gasteiger partial charge in [-0.05, 0) is 18.1 Å². The first-order valence-corrected chi connectivity index (χ1v) is 10.1. The Labute approximate surface area is 196 Å². The Kier molecular flexibility index (Phi) is 9.17. The van der Waals surface area contributed by atoms with E-state index in [1.54, 1.807) is 0 Å². The number of para-hydroxylation sites is 1. The van der Waals surface area contributed by atoms with Crippen molar-refractivity contribution in [1.82, 2.24) is 0 Å². The highest BCUT2D eigenvalue weighted by Gasteiger charge is 2.54. The molecule has 0 spiro atoms. The van der Waals surface area contributed by atoms with Crippen LogP contribution in [-0.4, -0.2) is 70.8 Å². The van der Waals surface area contributed by atoms with Crippen molar-refractivity contribution in [2.75, 3.05) is 7.11 Å². The van der Waals surface area contributed by atoms with Crippen LogP contribution >= 0.6 is 0 Å². The lowest BCUT2D eigenvalue weighted by Gasteiger charge is -2.44. The Morgan fingerprint density at radius 1 is 0.943 bits per heavy atom. The van der Waals surface area contributed by atoms with Crippen LogP contribution in [-0.2, 0) is 33.4 Å². The predicted molar refractivity (Wildman–Crippen MR) is 109 cm³/mol. The average molecular weight is 505 g/mol. The van der Waals surface area contributed by atoms with Crippen LogP contribution in [0, 0.1) is 17.8 Å². The van der Waals surface area contributed by atoms with Crippen LogP contribution in [0.2, 0.25) is 0 Å². The van der Waals surface area contributed by atoms with Crippen molar-refractivity contribution in [3.8, 4) is 0 Å². The van der Waals surface area contributed by atoms with Gasteiger partial charge in [0.25, 0.3) is 5.90 Å². The molecule has 0 aliphatic carbocycles. The summed E-state index contributed by atoms with van der Waals surface area (Å²) in [4.78, 5) is 50.2. The molecule has 14 heteroatoms. The van der Waals surface area contributed by atoms with Crippen LogP contribution in [0.1, 0.15) is 19.3 Å². The monoisotopic (exact) mass is 505 g/mol. The molecule has 3 N–H and O–H groups in total. The Hall–Kier alpha value is -3.68. The van der Waals surface area contributed by atoms with Crippen molar-refractivity contribution in [2.24, 2.45) is 22.7 Å². The highest BCUT2D eigenvalue weighted by atomic mass is 19.4. The molecule has 0 amide bonds. The number of carboxylic acid groups (broad SMARTS) is 3. The van der Waals surface area contributed by atoms with Crippen LogP contribution in [0.15, 0.2) is 35.3 Å². The number of alkyl halides is 3. The number of carbonyl (C=O) groups is 4. The van der Waals surface area contributed by atoms with Crippen LogP contribution in [0.3, 0.4) is 0 Å². The third kappa shape index (κ3) is 7.67. The molecule has 35 heavy (non-hydrogen) atoms. The van der Waals surface area contributed by atoms with Gasteiger partial charge in [-0.15, -0.1) is 0 Å². The quantitative estimate of drug-likeness (QED) is 0.257. The van der Waals surface area contributed by atoms with E-state index in [2.05, 4.69) is 9.73 Å². The van der Waals surface area contributed by atoms with E-state index in [0.717, 1.165) is 7.11 Å². The third-order valence-electron chi connectivity index (χ3n) is 5.22. The van der Waals surface area contributed by atoms with Crippen LogP contribution in [0.4, 0.5) is 18.9 Å². The summed E-state index contributed by atoms with van der Waals surface area (Å²) in [6.45, 7) is 0. The van der Waals surface area contributed by atoms with E-state index < -0.39 is 85.4 Å². The second-order valence-electron chi connectivity index (χ2n) is 7.58. The van der Waals surface area contributed by atoms with E-state index in [4.69, 9.17) is 9.47 Å². The maximum Gasteiger partial charge on any atom is 0.468 e. The number of hydrogen-bond acceptors (Lipinski definition) is 8. The minimum Gasteiger partial charge on any atom is -0.481 e. The van der Waals surface area contributed by atoms with Crippen molar-refractivity contribution in [2.45, 2.75) is 37.8 Å². The van der Waals surface area contributed by atoms with Crippen LogP contribution in [0.5, 0.6) is 0 Å². The second-order valence-corrected chi connectivity index (χ2v) is 7.58. The van der Waals surface area contributed by atoms with Gasteiger partial charge in [0, 0.05) is 12.3 Å². The zero-order valence-corrected chi connectivity index (χ0v) is 18.2. The molecule has 1 fully saturated rings. The number of carbonyl (C=O) groups excluding carboxylic acids is 1. The van der Waals surface area contributed by atoms with Gasteiger partial charge in [-0.1, -0.05) is 18.2 Å². The number of methoxy groups -OCH3 is 1. The Morgan fingerprint density at radius 3 is 1.97 bits per heavy atom. The molecule has 0 saturated carbocycles. The lowest BCUT2D eigenvalue weighted by atomic mass is 9.71. The molecule has 0 radical (unpaired) electrons. The van der Waals surface area contributed by atoms with Gasteiger partial charge in [0.1, 0.15) is 5.92 Å². The topological polar surface area (TPSA) is 169 Å². The molecule has 1 aromatic rings. The minimum absolute atomic E-state index is 0.168. The molecule has 1 aliphatic rings. The lowest BCUT2D eigenvalue weighted by Crippen LogP contribution is -2.54. The van der Waals surface area contributed by atoms with E-state index in [9.17, 15) is 47.7 Å². The summed E-state index contributed by atoms with van der Waals surface area (Å²) >= 11 is 0. The molecular formula is C21H22F3NO10. The number of carboxylic acids is 3. The number of ether oxygens (including phenoxy) is 3. The fourth-order valence-corrected chi connectivity index (χ4v) is 3.85. The zero-order valence-electron chi connectivity index (χ0n) is 18.2. The molecule has 0 bridgehead atoms. The molecule has 2 rings (SSSR count). The summed E-state index contributed by atoms with van der Waals surface area (Å²) < 4.78 is 56.2. The summed E-state index contributed by atoms with van der Waals surface area (Å²) in [6, 6.07) is 6.81. The molecule has 11 nitrogen and oxygen atoms in total. The normalized spacial score (nSPS) is 24.9. The molecule has 1 aromatic carbocycles. The molecule has 0 aromatic heterocycles. The summed E-state index contributed by atoms with van der Waals surface area (Å²) in [6.07, 6.45) is -11.6. The molecule has 5 unspecified atom stereocenters. The number of aliphatic imine (C=N–C) groups is 1. The van der Waals surface area contributed by atoms with Crippen molar-refractivity contribution < 1.29 is 61.9 Å². The number of nitrogens with zero attached hydrogens (tertiary/aromatic N) is 1. The SMILES string of the molecule is COC(=O)C1C(O/C(=N/c2ccccc2)C(F)(F)F)OC(CC(=O)O)C(CC(=O)O)C1CC(=O)O. The maximum absolute atomic E-state index is 13.7. The Morgan fingerprint density at radius 2 is 1.49 bits per heavy atom. The smallest absolute Gasteiger partial charge is 0.468 e. The van der Waals surface area contributed by atoms with Gasteiger partial charge in [0.2, 0.25) is 6.29 Å². The van der Waals surface area contributed by atoms with E-state index in [0.29, 0.717) is 0 Å². The first-order valence-electron chi connectivity index (χ1n) is 10.1. The Bertz CT molecular complexity index is 966. The van der Waals surface area contributed by atoms with Gasteiger partial charge in [-0.3, -0.25) is 19.2 Å². The van der Waals surface area contributed by atoms with Crippen molar-refractivity contribution >= 4 is 35.5 Å². The van der Waals surface area contributed by atoms with E-state index in [1.165, 1.54) is 30.3 Å². The van der Waals surface area contributed by atoms with Crippen molar-refractivity contribution in [3.63, 3.8) is 0 Å². The van der Waals surface area contributed by atoms with Gasteiger partial charge in [0.15, 0.2) is 0 Å². The Balaban J connectivity index is 2.59. The zero-order chi connectivity index (χ0) is 26.3. The van der Waals surface area contributed by atoms with Crippen molar-refractivity contribution in [1.29, 1.82) is 0 Å². The highest BCUT2D eigenvalue weighted by Crippen LogP contribution is 2.42. The maximum atomic E-state index is 13.7. The lowest BCUT2D eigenvalue weighted by molar-refractivity contribution is -0.243. The fourth-order valence-electron chi connectivity index (χ4n) is 3.85. The van der Waals surface area contributed by atoms with Gasteiger partial charge >= 0.3 is 30.1 Å². The van der Waals surface area contributed by atoms with Gasteiger partial charge in [0.05, 0.1) is 31.7 Å². The van der Waals surface area contributed by atoms with Crippen molar-refractivity contribution in [3.05, 3.63) is 30.3 Å². The standard InChI is InChI=1S/C21H22F3NO10/c1-33-18(32)17-12(8-15(28)29)11(7-14(26)27)13(9-16(30)31)34-19(17)35-20(21(22,23)24)25-10-5-3-2-4-6-10/h2-6,11-13,17,19H,7-9H2,1H3,(H,26,27)(H,28,29)(H,30,31)/b25-20+. The van der Waals surface area contributed by atoms with Gasteiger partial charge < -0.3 is 29.5 Å². The van der Waals surface area contributed by atoms with Crippen LogP contribution in [0.25, 0.3) is 0 Å². The average Bonchev–Trinajstić information content (AvgIpc) is 2.74. The molecule has 1 heterocycles. The van der Waals surface area contributed by atoms with Gasteiger partial charge in [-0.2, -0.15) is 13.2 Å². The largest absolute Gasteiger partial charge is 0.481 e. The van der Waals surface area contributed by atoms with E-state index in [-0.39, 0.29) is 5.69 Å². The number of rotatable bonds is 9. The van der Waals surface area contributed by atoms with Crippen LogP contribution < -0.4 is 0 Å². The summed E-state index contributed by atoms with van der Waals surface area (Å²) in [5.41, 5.74) is -0.168. The number of halogens is 3. The third-order valence-corrected chi connectivity index (χ3v) is 5.22. The molecular weight excluding hydrogens is 483 g/mol. The van der Waals surface area contributed by atoms with E-state index in [1.807, 2.05) is 0 Å². The predicted octanol–water partition coefficient (Wildman–Crippen LogP) is 2.47. The molecule has 5 atom stereocenters. The number of aliphatic carboxylic acids is 3. The number of esters is 1. The molecule has 1 saturated heterocycles. The van der Waals surface area contributed by atoms with E-state index >= 15 is 0 Å². The second kappa shape index (κ2) is 11.6. The minimum atomic E-state index is -5.19. The van der Waals surface area contributed by atoms with Gasteiger partial charge in [-0.25, -0.2) is 4.99 Å². The summed E-state index contributed by atoms with van der Waals surface area (Å²) in [5.74, 6) is -12.3. The first-order chi connectivity index (χ1) is 16.3. The molecule has 1 aliphatic heterocycles. The number of hydrogen-bond donors (Lipinski definition) is 3. The summed E-state index contributed by atoms with van der Waals surface area (Å²) in [7, 11) is 0.884. The first kappa shape index (κ1) is 27.6.